The maximum atomic E-state index is 12.4. The zero-order valence-electron chi connectivity index (χ0n) is 14.0. The fraction of sp³-hybridized carbons (Fsp3) is 0.556. The lowest BCUT2D eigenvalue weighted by molar-refractivity contribution is -0.126. The molecule has 0 radical (unpaired) electrons. The van der Waals surface area contributed by atoms with Gasteiger partial charge in [0, 0.05) is 19.1 Å². The first-order valence-electron chi connectivity index (χ1n) is 8.73. The second-order valence-corrected chi connectivity index (χ2v) is 7.78. The average Bonchev–Trinajstić information content (AvgIpc) is 2.96. The second-order valence-electron chi connectivity index (χ2n) is 6.78. The van der Waals surface area contributed by atoms with Crippen LogP contribution < -0.4 is 15.0 Å². The highest BCUT2D eigenvalue weighted by molar-refractivity contribution is 7.22. The highest BCUT2D eigenvalue weighted by atomic mass is 32.1. The molecule has 4 rings (SSSR count). The Hall–Kier alpha value is -1.82. The molecule has 1 saturated carbocycles. The first-order valence-corrected chi connectivity index (χ1v) is 9.54. The molecule has 24 heavy (non-hydrogen) atoms. The lowest BCUT2D eigenvalue weighted by atomic mass is 9.93. The quantitative estimate of drug-likeness (QED) is 0.925. The van der Waals surface area contributed by atoms with Crippen molar-refractivity contribution in [3.63, 3.8) is 0 Å². The van der Waals surface area contributed by atoms with Gasteiger partial charge in [0.05, 0.1) is 23.2 Å². The largest absolute Gasteiger partial charge is 0.497 e. The van der Waals surface area contributed by atoms with Gasteiger partial charge >= 0.3 is 0 Å². The van der Waals surface area contributed by atoms with E-state index in [1.807, 2.05) is 18.2 Å². The molecular weight excluding hydrogens is 322 g/mol. The van der Waals surface area contributed by atoms with E-state index in [0.717, 1.165) is 47.0 Å². The number of aromatic nitrogens is 1. The number of thiazole rings is 1. The van der Waals surface area contributed by atoms with Crippen molar-refractivity contribution >= 4 is 32.6 Å². The highest BCUT2D eigenvalue weighted by Gasteiger charge is 2.35. The van der Waals surface area contributed by atoms with Crippen LogP contribution in [0, 0.1) is 5.92 Å². The summed E-state index contributed by atoms with van der Waals surface area (Å²) < 4.78 is 6.39. The topological polar surface area (TPSA) is 54.5 Å². The summed E-state index contributed by atoms with van der Waals surface area (Å²) in [6.45, 7) is 1.55. The van der Waals surface area contributed by atoms with E-state index in [1.54, 1.807) is 18.4 Å². The van der Waals surface area contributed by atoms with Gasteiger partial charge in [-0.2, -0.15) is 0 Å². The maximum Gasteiger partial charge on any atom is 0.226 e. The van der Waals surface area contributed by atoms with Crippen LogP contribution in [0.3, 0.4) is 0 Å². The van der Waals surface area contributed by atoms with Gasteiger partial charge in [-0.05, 0) is 31.0 Å². The lowest BCUT2D eigenvalue weighted by Gasteiger charge is -2.39. The zero-order chi connectivity index (χ0) is 16.5. The summed E-state index contributed by atoms with van der Waals surface area (Å²) >= 11 is 1.66. The molecule has 2 fully saturated rings. The van der Waals surface area contributed by atoms with Crippen LogP contribution in [-0.2, 0) is 4.79 Å². The number of rotatable bonds is 4. The number of benzene rings is 1. The Bertz CT molecular complexity index is 733. The van der Waals surface area contributed by atoms with Gasteiger partial charge in [-0.1, -0.05) is 30.6 Å². The van der Waals surface area contributed by atoms with Crippen molar-refractivity contribution in [1.29, 1.82) is 0 Å². The Morgan fingerprint density at radius 2 is 2.08 bits per heavy atom. The Balaban J connectivity index is 1.35. The molecule has 1 aliphatic carbocycles. The van der Waals surface area contributed by atoms with E-state index in [4.69, 9.17) is 4.74 Å². The van der Waals surface area contributed by atoms with Gasteiger partial charge in [-0.3, -0.25) is 4.79 Å². The molecule has 1 aromatic carbocycles. The van der Waals surface area contributed by atoms with Gasteiger partial charge in [0.2, 0.25) is 5.91 Å². The van der Waals surface area contributed by atoms with E-state index in [1.165, 1.54) is 19.3 Å². The summed E-state index contributed by atoms with van der Waals surface area (Å²) in [6.07, 6.45) is 6.09. The van der Waals surface area contributed by atoms with Crippen LogP contribution in [0.25, 0.3) is 10.2 Å². The fourth-order valence-electron chi connectivity index (χ4n) is 3.52. The van der Waals surface area contributed by atoms with Crippen molar-refractivity contribution in [2.24, 2.45) is 5.92 Å². The molecule has 2 heterocycles. The normalized spacial score (nSPS) is 19.3. The molecule has 0 atom stereocenters. The Morgan fingerprint density at radius 1 is 1.29 bits per heavy atom. The predicted octanol–water partition coefficient (Wildman–Crippen LogP) is 3.19. The predicted molar refractivity (Wildman–Crippen MR) is 96.9 cm³/mol. The molecule has 6 heteroatoms. The molecule has 1 saturated heterocycles. The number of amides is 1. The van der Waals surface area contributed by atoms with Crippen LogP contribution in [0.2, 0.25) is 0 Å². The minimum Gasteiger partial charge on any atom is -0.497 e. The van der Waals surface area contributed by atoms with Gasteiger partial charge in [-0.15, -0.1) is 0 Å². The minimum atomic E-state index is 0.105. The van der Waals surface area contributed by atoms with Crippen molar-refractivity contribution in [3.05, 3.63) is 18.2 Å². The van der Waals surface area contributed by atoms with Crippen molar-refractivity contribution in [2.75, 3.05) is 25.1 Å². The van der Waals surface area contributed by atoms with E-state index in [9.17, 15) is 4.79 Å². The first-order chi connectivity index (χ1) is 11.7. The number of nitrogens with zero attached hydrogens (tertiary/aromatic N) is 2. The molecular formula is C18H23N3O2S. The van der Waals surface area contributed by atoms with E-state index in [2.05, 4.69) is 15.2 Å². The number of methoxy groups -OCH3 is 1. The average molecular weight is 345 g/mol. The number of hydrogen-bond donors (Lipinski definition) is 1. The molecule has 128 valence electrons. The van der Waals surface area contributed by atoms with Crippen LogP contribution in [-0.4, -0.2) is 37.1 Å². The summed E-state index contributed by atoms with van der Waals surface area (Å²) in [5.74, 6) is 1.18. The van der Waals surface area contributed by atoms with Crippen LogP contribution in [0.4, 0.5) is 5.13 Å². The Morgan fingerprint density at radius 3 is 2.83 bits per heavy atom. The third-order valence-electron chi connectivity index (χ3n) is 5.06. The summed E-state index contributed by atoms with van der Waals surface area (Å²) in [4.78, 5) is 19.2. The van der Waals surface area contributed by atoms with E-state index < -0.39 is 0 Å². The van der Waals surface area contributed by atoms with E-state index in [0.29, 0.717) is 6.04 Å². The van der Waals surface area contributed by atoms with Gasteiger partial charge in [0.15, 0.2) is 5.13 Å². The molecule has 0 spiro atoms. The van der Waals surface area contributed by atoms with Crippen molar-refractivity contribution < 1.29 is 9.53 Å². The summed E-state index contributed by atoms with van der Waals surface area (Å²) in [6, 6.07) is 6.34. The number of carbonyl (C=O) groups excluding carboxylic acids is 1. The minimum absolute atomic E-state index is 0.105. The third kappa shape index (κ3) is 3.07. The van der Waals surface area contributed by atoms with Gasteiger partial charge in [0.25, 0.3) is 0 Å². The number of fused-ring (bicyclic) bond motifs is 1. The van der Waals surface area contributed by atoms with Crippen molar-refractivity contribution in [1.82, 2.24) is 10.3 Å². The zero-order valence-corrected chi connectivity index (χ0v) is 14.8. The summed E-state index contributed by atoms with van der Waals surface area (Å²) in [5, 5.41) is 4.24. The molecule has 5 nitrogen and oxygen atoms in total. The molecule has 1 amide bonds. The summed E-state index contributed by atoms with van der Waals surface area (Å²) in [7, 11) is 1.67. The molecule has 0 unspecified atom stereocenters. The first kappa shape index (κ1) is 15.7. The van der Waals surface area contributed by atoms with Crippen molar-refractivity contribution in [2.45, 2.75) is 38.1 Å². The number of ether oxygens (including phenoxy) is 1. The number of hydrogen-bond acceptors (Lipinski definition) is 5. The van der Waals surface area contributed by atoms with Crippen LogP contribution in [0.15, 0.2) is 18.2 Å². The van der Waals surface area contributed by atoms with Crippen LogP contribution >= 0.6 is 11.3 Å². The van der Waals surface area contributed by atoms with Crippen LogP contribution in [0.5, 0.6) is 5.75 Å². The molecule has 1 aliphatic heterocycles. The molecule has 1 N–H and O–H groups in total. The molecule has 2 aromatic rings. The van der Waals surface area contributed by atoms with Gasteiger partial charge < -0.3 is 15.0 Å². The Labute approximate surface area is 146 Å². The molecule has 0 bridgehead atoms. The summed E-state index contributed by atoms with van der Waals surface area (Å²) in [5.41, 5.74) is 0.992. The lowest BCUT2D eigenvalue weighted by Crippen LogP contribution is -2.55. The number of nitrogens with one attached hydrogen (secondary N) is 1. The standard InChI is InChI=1S/C18H23N3O2S/c1-23-14-7-8-15-16(9-14)24-18(20-15)21-10-12(11-21)17(22)19-13-5-3-2-4-6-13/h7-9,12-13H,2-6,10-11H2,1H3,(H,19,22). The number of anilines is 1. The fourth-order valence-corrected chi connectivity index (χ4v) is 4.53. The number of carbonyl (C=O) groups is 1. The van der Waals surface area contributed by atoms with E-state index in [-0.39, 0.29) is 11.8 Å². The van der Waals surface area contributed by atoms with Crippen LogP contribution in [0.1, 0.15) is 32.1 Å². The van der Waals surface area contributed by atoms with Crippen molar-refractivity contribution in [3.8, 4) is 5.75 Å². The second kappa shape index (κ2) is 6.59. The third-order valence-corrected chi connectivity index (χ3v) is 6.14. The Kier molecular flexibility index (Phi) is 4.31. The SMILES string of the molecule is COc1ccc2nc(N3CC(C(=O)NC4CCCCC4)C3)sc2c1. The van der Waals surface area contributed by atoms with Gasteiger partial charge in [0.1, 0.15) is 5.75 Å². The monoisotopic (exact) mass is 345 g/mol. The molecule has 2 aliphatic rings. The van der Waals surface area contributed by atoms with E-state index >= 15 is 0 Å². The maximum absolute atomic E-state index is 12.4. The highest BCUT2D eigenvalue weighted by Crippen LogP contribution is 2.34. The van der Waals surface area contributed by atoms with Gasteiger partial charge in [-0.25, -0.2) is 4.98 Å². The molecule has 1 aromatic heterocycles. The smallest absolute Gasteiger partial charge is 0.226 e.